The van der Waals surface area contributed by atoms with Crippen LogP contribution in [0.2, 0.25) is 0 Å². The molecule has 0 bridgehead atoms. The lowest BCUT2D eigenvalue weighted by molar-refractivity contribution is -0.117. The number of aryl methyl sites for hydroxylation is 1. The van der Waals surface area contributed by atoms with Crippen LogP contribution in [0.15, 0.2) is 36.5 Å². The summed E-state index contributed by atoms with van der Waals surface area (Å²) in [4.78, 5) is 18.4. The highest BCUT2D eigenvalue weighted by Gasteiger charge is 2.27. The molecule has 2 N–H and O–H groups in total. The van der Waals surface area contributed by atoms with E-state index in [4.69, 9.17) is 0 Å². The van der Waals surface area contributed by atoms with Gasteiger partial charge < -0.3 is 10.0 Å². The number of anilines is 1. The third-order valence-corrected chi connectivity index (χ3v) is 3.90. The van der Waals surface area contributed by atoms with E-state index in [-0.39, 0.29) is 5.91 Å². The van der Waals surface area contributed by atoms with Gasteiger partial charge in [-0.1, -0.05) is 35.9 Å². The molecule has 0 unspecified atom stereocenters. The summed E-state index contributed by atoms with van der Waals surface area (Å²) in [5.41, 5.74) is 3.38. The quantitative estimate of drug-likeness (QED) is 0.794. The third-order valence-electron chi connectivity index (χ3n) is 3.90. The fourth-order valence-electron chi connectivity index (χ4n) is 2.65. The standard InChI is InChI=1S/C16H17BN2O3/c1-11-2-4-12(5-3-11)8-15(20)19-7-6-13-9-14(17(21)22)10-18-16(13)19/h2-5,9-10,21-22H,6-8H2,1H3. The van der Waals surface area contributed by atoms with Crippen molar-refractivity contribution in [3.8, 4) is 0 Å². The lowest BCUT2D eigenvalue weighted by Crippen LogP contribution is -2.32. The third kappa shape index (κ3) is 2.88. The summed E-state index contributed by atoms with van der Waals surface area (Å²) in [6, 6.07) is 9.61. The lowest BCUT2D eigenvalue weighted by Gasteiger charge is -2.16. The first kappa shape index (κ1) is 14.7. The van der Waals surface area contributed by atoms with Gasteiger partial charge in [-0.05, 0) is 24.5 Å². The zero-order chi connectivity index (χ0) is 15.7. The van der Waals surface area contributed by atoms with Crippen molar-refractivity contribution in [3.05, 3.63) is 53.2 Å². The normalized spacial score (nSPS) is 13.1. The van der Waals surface area contributed by atoms with Gasteiger partial charge in [-0.25, -0.2) is 4.98 Å². The molecular formula is C16H17BN2O3. The van der Waals surface area contributed by atoms with Crippen molar-refractivity contribution in [2.75, 3.05) is 11.4 Å². The highest BCUT2D eigenvalue weighted by atomic mass is 16.4. The van der Waals surface area contributed by atoms with Crippen LogP contribution in [-0.4, -0.2) is 34.6 Å². The van der Waals surface area contributed by atoms with E-state index < -0.39 is 7.12 Å². The first-order valence-corrected chi connectivity index (χ1v) is 7.25. The summed E-state index contributed by atoms with van der Waals surface area (Å²) in [5, 5.41) is 18.4. The van der Waals surface area contributed by atoms with E-state index in [1.54, 1.807) is 11.0 Å². The van der Waals surface area contributed by atoms with E-state index in [1.807, 2.05) is 31.2 Å². The molecule has 6 heteroatoms. The van der Waals surface area contributed by atoms with Crippen molar-refractivity contribution in [3.63, 3.8) is 0 Å². The Hall–Kier alpha value is -2.18. The topological polar surface area (TPSA) is 73.7 Å². The van der Waals surface area contributed by atoms with Crippen LogP contribution in [0.25, 0.3) is 0 Å². The maximum atomic E-state index is 12.5. The van der Waals surface area contributed by atoms with Gasteiger partial charge in [-0.2, -0.15) is 0 Å². The number of fused-ring (bicyclic) bond motifs is 1. The maximum absolute atomic E-state index is 12.5. The van der Waals surface area contributed by atoms with Crippen molar-refractivity contribution in [1.82, 2.24) is 4.98 Å². The molecule has 1 aromatic carbocycles. The van der Waals surface area contributed by atoms with Crippen LogP contribution in [0, 0.1) is 6.92 Å². The van der Waals surface area contributed by atoms with Crippen molar-refractivity contribution in [2.24, 2.45) is 0 Å². The summed E-state index contributed by atoms with van der Waals surface area (Å²) in [5.74, 6) is 0.633. The monoisotopic (exact) mass is 296 g/mol. The van der Waals surface area contributed by atoms with Gasteiger partial charge in [0.05, 0.1) is 6.42 Å². The second-order valence-corrected chi connectivity index (χ2v) is 5.58. The maximum Gasteiger partial charge on any atom is 0.490 e. The van der Waals surface area contributed by atoms with Gasteiger partial charge in [0.25, 0.3) is 0 Å². The van der Waals surface area contributed by atoms with E-state index in [0.717, 1.165) is 11.1 Å². The van der Waals surface area contributed by atoms with Crippen molar-refractivity contribution < 1.29 is 14.8 Å². The Morgan fingerprint density at radius 3 is 2.73 bits per heavy atom. The van der Waals surface area contributed by atoms with E-state index >= 15 is 0 Å². The van der Waals surface area contributed by atoms with E-state index in [2.05, 4.69) is 4.98 Å². The molecule has 0 atom stereocenters. The van der Waals surface area contributed by atoms with Crippen LogP contribution >= 0.6 is 0 Å². The number of amides is 1. The number of aromatic nitrogens is 1. The van der Waals surface area contributed by atoms with Gasteiger partial charge in [-0.3, -0.25) is 9.69 Å². The fraction of sp³-hybridized carbons (Fsp3) is 0.250. The van der Waals surface area contributed by atoms with Crippen molar-refractivity contribution in [2.45, 2.75) is 19.8 Å². The molecule has 112 valence electrons. The average Bonchev–Trinajstić information content (AvgIpc) is 2.92. The zero-order valence-corrected chi connectivity index (χ0v) is 12.4. The summed E-state index contributed by atoms with van der Waals surface area (Å²) < 4.78 is 0. The Kier molecular flexibility index (Phi) is 3.96. The molecule has 22 heavy (non-hydrogen) atoms. The number of rotatable bonds is 3. The summed E-state index contributed by atoms with van der Waals surface area (Å²) >= 11 is 0. The number of hydrogen-bond acceptors (Lipinski definition) is 4. The molecule has 0 saturated carbocycles. The molecule has 3 rings (SSSR count). The Bertz CT molecular complexity index is 701. The summed E-state index contributed by atoms with van der Waals surface area (Å²) in [7, 11) is -1.53. The predicted molar refractivity (Wildman–Crippen MR) is 85.0 cm³/mol. The molecule has 0 aliphatic carbocycles. The van der Waals surface area contributed by atoms with Gasteiger partial charge >= 0.3 is 7.12 Å². The fourth-order valence-corrected chi connectivity index (χ4v) is 2.65. The minimum atomic E-state index is -1.53. The minimum absolute atomic E-state index is 0.00685. The largest absolute Gasteiger partial charge is 0.490 e. The van der Waals surface area contributed by atoms with Crippen LogP contribution in [0.3, 0.4) is 0 Å². The first-order valence-electron chi connectivity index (χ1n) is 7.25. The minimum Gasteiger partial charge on any atom is -0.423 e. The van der Waals surface area contributed by atoms with Crippen molar-refractivity contribution >= 4 is 24.3 Å². The highest BCUT2D eigenvalue weighted by Crippen LogP contribution is 2.25. The van der Waals surface area contributed by atoms with E-state index in [0.29, 0.717) is 30.7 Å². The molecule has 1 aliphatic heterocycles. The van der Waals surface area contributed by atoms with Crippen LogP contribution in [0.1, 0.15) is 16.7 Å². The van der Waals surface area contributed by atoms with Gasteiger partial charge in [0.1, 0.15) is 5.82 Å². The number of benzene rings is 1. The van der Waals surface area contributed by atoms with E-state index in [1.165, 1.54) is 11.8 Å². The van der Waals surface area contributed by atoms with Gasteiger partial charge in [0.15, 0.2) is 0 Å². The lowest BCUT2D eigenvalue weighted by atomic mass is 9.81. The molecule has 1 amide bonds. The second kappa shape index (κ2) is 5.91. The molecule has 0 saturated heterocycles. The summed E-state index contributed by atoms with van der Waals surface area (Å²) in [6.07, 6.45) is 2.43. The van der Waals surface area contributed by atoms with Crippen molar-refractivity contribution in [1.29, 1.82) is 0 Å². The smallest absolute Gasteiger partial charge is 0.423 e. The van der Waals surface area contributed by atoms with Crippen LogP contribution < -0.4 is 10.4 Å². The molecule has 5 nitrogen and oxygen atoms in total. The molecule has 2 heterocycles. The molecule has 1 aliphatic rings. The Morgan fingerprint density at radius 2 is 2.05 bits per heavy atom. The Morgan fingerprint density at radius 1 is 1.32 bits per heavy atom. The number of nitrogens with zero attached hydrogens (tertiary/aromatic N) is 2. The van der Waals surface area contributed by atoms with Crippen LogP contribution in [0.4, 0.5) is 5.82 Å². The Labute approximate surface area is 129 Å². The number of hydrogen-bond donors (Lipinski definition) is 2. The SMILES string of the molecule is Cc1ccc(CC(=O)N2CCc3cc(B(O)O)cnc32)cc1. The predicted octanol–water partition coefficient (Wildman–Crippen LogP) is 0.202. The summed E-state index contributed by atoms with van der Waals surface area (Å²) in [6.45, 7) is 2.59. The molecule has 0 radical (unpaired) electrons. The highest BCUT2D eigenvalue weighted by molar-refractivity contribution is 6.58. The van der Waals surface area contributed by atoms with Gasteiger partial charge in [0, 0.05) is 18.2 Å². The average molecular weight is 296 g/mol. The zero-order valence-electron chi connectivity index (χ0n) is 12.4. The van der Waals surface area contributed by atoms with Crippen LogP contribution in [0.5, 0.6) is 0 Å². The number of carbonyl (C=O) groups excluding carboxylic acids is 1. The van der Waals surface area contributed by atoms with Gasteiger partial charge in [0.2, 0.25) is 5.91 Å². The van der Waals surface area contributed by atoms with Crippen LogP contribution in [-0.2, 0) is 17.6 Å². The second-order valence-electron chi connectivity index (χ2n) is 5.58. The van der Waals surface area contributed by atoms with Gasteiger partial charge in [-0.15, -0.1) is 0 Å². The van der Waals surface area contributed by atoms with E-state index in [9.17, 15) is 14.8 Å². The molecule has 0 fully saturated rings. The number of pyridine rings is 1. The number of carbonyl (C=O) groups is 1. The Balaban J connectivity index is 1.77. The molecule has 0 spiro atoms. The molecule has 2 aromatic rings. The first-order chi connectivity index (χ1) is 10.5. The molecular weight excluding hydrogens is 279 g/mol. The molecule has 1 aromatic heterocycles.